The maximum Gasteiger partial charge on any atom is 0.207 e. The largest absolute Gasteiger partial charge is 0.383 e. The van der Waals surface area contributed by atoms with Crippen LogP contribution in [-0.4, -0.2) is 23.3 Å². The molecule has 1 N–H and O–H groups in total. The first kappa shape index (κ1) is 15.6. The molecule has 4 heteroatoms. The molecule has 0 aliphatic carbocycles. The molecule has 0 amide bonds. The molecule has 0 saturated carbocycles. The number of methoxy groups -OCH3 is 1. The third kappa shape index (κ3) is 3.85. The number of hydrogen-bond donors (Lipinski definition) is 1. The fourth-order valence-electron chi connectivity index (χ4n) is 2.37. The molecular weight excluding hydrogens is 262 g/mol. The molecule has 1 aromatic heterocycles. The summed E-state index contributed by atoms with van der Waals surface area (Å²) in [4.78, 5) is 4.58. The van der Waals surface area contributed by atoms with Crippen LogP contribution in [-0.2, 0) is 4.74 Å². The van der Waals surface area contributed by atoms with E-state index < -0.39 is 0 Å². The lowest BCUT2D eigenvalue weighted by atomic mass is 10.0. The molecule has 1 aromatic carbocycles. The molecular formula is C17H25N3O. The van der Waals surface area contributed by atoms with Gasteiger partial charge >= 0.3 is 0 Å². The highest BCUT2D eigenvalue weighted by atomic mass is 16.5. The second-order valence-electron chi connectivity index (χ2n) is 5.82. The number of hydrogen-bond acceptors (Lipinski definition) is 3. The van der Waals surface area contributed by atoms with Crippen molar-refractivity contribution in [3.63, 3.8) is 0 Å². The van der Waals surface area contributed by atoms with Gasteiger partial charge in [0.2, 0.25) is 5.95 Å². The van der Waals surface area contributed by atoms with Crippen LogP contribution >= 0.6 is 0 Å². The van der Waals surface area contributed by atoms with Gasteiger partial charge in [0.05, 0.1) is 18.3 Å². The number of rotatable bonds is 6. The van der Waals surface area contributed by atoms with Gasteiger partial charge in [-0.1, -0.05) is 26.0 Å². The van der Waals surface area contributed by atoms with Crippen LogP contribution in [0.25, 0.3) is 0 Å². The molecule has 4 nitrogen and oxygen atoms in total. The van der Waals surface area contributed by atoms with Gasteiger partial charge in [-0.15, -0.1) is 0 Å². The van der Waals surface area contributed by atoms with Crippen molar-refractivity contribution in [1.29, 1.82) is 0 Å². The minimum Gasteiger partial charge on any atom is -0.383 e. The van der Waals surface area contributed by atoms with Crippen molar-refractivity contribution in [2.75, 3.05) is 19.0 Å². The van der Waals surface area contributed by atoms with E-state index in [1.165, 1.54) is 5.56 Å². The zero-order valence-corrected chi connectivity index (χ0v) is 13.6. The summed E-state index contributed by atoms with van der Waals surface area (Å²) < 4.78 is 7.37. The van der Waals surface area contributed by atoms with E-state index in [0.717, 1.165) is 17.3 Å². The Balaban J connectivity index is 2.25. The molecule has 1 heterocycles. The fraction of sp³-hybridized carbons (Fsp3) is 0.471. The highest BCUT2D eigenvalue weighted by Gasteiger charge is 2.12. The average Bonchev–Trinajstić information content (AvgIpc) is 2.80. The van der Waals surface area contributed by atoms with Gasteiger partial charge in [-0.2, -0.15) is 0 Å². The molecule has 1 unspecified atom stereocenters. The highest BCUT2D eigenvalue weighted by Crippen LogP contribution is 2.23. The molecule has 114 valence electrons. The lowest BCUT2D eigenvalue weighted by Crippen LogP contribution is -2.12. The molecule has 0 radical (unpaired) electrons. The summed E-state index contributed by atoms with van der Waals surface area (Å²) in [5.41, 5.74) is 3.39. The topological polar surface area (TPSA) is 39.1 Å². The first-order valence-corrected chi connectivity index (χ1v) is 7.42. The van der Waals surface area contributed by atoms with E-state index in [0.29, 0.717) is 12.5 Å². The number of aryl methyl sites for hydroxylation is 1. The highest BCUT2D eigenvalue weighted by molar-refractivity contribution is 5.55. The number of benzene rings is 1. The third-order valence-electron chi connectivity index (χ3n) is 3.54. The lowest BCUT2D eigenvalue weighted by Gasteiger charge is -2.16. The molecule has 0 aliphatic heterocycles. The molecule has 0 spiro atoms. The predicted molar refractivity (Wildman–Crippen MR) is 87.4 cm³/mol. The van der Waals surface area contributed by atoms with Crippen molar-refractivity contribution < 1.29 is 4.74 Å². The SMILES string of the molecule is COCC(C)n1cc(C)nc1Nc1cccc(C(C)C)c1. The zero-order chi connectivity index (χ0) is 15.4. The van der Waals surface area contributed by atoms with Crippen LogP contribution in [0.5, 0.6) is 0 Å². The van der Waals surface area contributed by atoms with Crippen molar-refractivity contribution in [2.45, 2.75) is 39.7 Å². The van der Waals surface area contributed by atoms with E-state index in [-0.39, 0.29) is 6.04 Å². The monoisotopic (exact) mass is 287 g/mol. The van der Waals surface area contributed by atoms with Gasteiger partial charge in [0.25, 0.3) is 0 Å². The number of imidazole rings is 1. The Bertz CT molecular complexity index is 589. The maximum absolute atomic E-state index is 5.25. The van der Waals surface area contributed by atoms with E-state index in [1.807, 2.05) is 6.92 Å². The van der Waals surface area contributed by atoms with Crippen LogP contribution in [0, 0.1) is 6.92 Å². The Hall–Kier alpha value is -1.81. The van der Waals surface area contributed by atoms with Gasteiger partial charge in [-0.25, -0.2) is 4.98 Å². The van der Waals surface area contributed by atoms with Gasteiger partial charge in [-0.05, 0) is 37.5 Å². The number of nitrogens with one attached hydrogen (secondary N) is 1. The van der Waals surface area contributed by atoms with Crippen LogP contribution < -0.4 is 5.32 Å². The summed E-state index contributed by atoms with van der Waals surface area (Å²) in [6.45, 7) is 9.19. The smallest absolute Gasteiger partial charge is 0.207 e. The van der Waals surface area contributed by atoms with Gasteiger partial charge in [0.1, 0.15) is 0 Å². The Labute approximate surface area is 127 Å². The molecule has 0 saturated heterocycles. The first-order valence-electron chi connectivity index (χ1n) is 7.42. The summed E-state index contributed by atoms with van der Waals surface area (Å²) in [7, 11) is 1.72. The van der Waals surface area contributed by atoms with E-state index in [9.17, 15) is 0 Å². The standard InChI is InChI=1S/C17H25N3O/c1-12(2)15-7-6-8-16(9-15)19-17-18-13(3)10-20(17)14(4)11-21-5/h6-10,12,14H,11H2,1-5H3,(H,18,19). The second-order valence-corrected chi connectivity index (χ2v) is 5.82. The summed E-state index contributed by atoms with van der Waals surface area (Å²) in [5, 5.41) is 3.42. The Kier molecular flexibility index (Phi) is 5.02. The number of nitrogens with zero attached hydrogens (tertiary/aromatic N) is 2. The van der Waals surface area contributed by atoms with E-state index in [4.69, 9.17) is 4.74 Å². The second kappa shape index (κ2) is 6.76. The molecule has 0 fully saturated rings. The van der Waals surface area contributed by atoms with Crippen molar-refractivity contribution in [3.05, 3.63) is 41.7 Å². The van der Waals surface area contributed by atoms with Crippen LogP contribution in [0.1, 0.15) is 44.0 Å². The molecule has 0 bridgehead atoms. The van der Waals surface area contributed by atoms with E-state index >= 15 is 0 Å². The molecule has 21 heavy (non-hydrogen) atoms. The summed E-state index contributed by atoms with van der Waals surface area (Å²) in [6, 6.07) is 8.73. The third-order valence-corrected chi connectivity index (χ3v) is 3.54. The number of aromatic nitrogens is 2. The maximum atomic E-state index is 5.25. The van der Waals surface area contributed by atoms with Crippen molar-refractivity contribution >= 4 is 11.6 Å². The van der Waals surface area contributed by atoms with E-state index in [1.54, 1.807) is 7.11 Å². The van der Waals surface area contributed by atoms with Crippen molar-refractivity contribution in [1.82, 2.24) is 9.55 Å². The lowest BCUT2D eigenvalue weighted by molar-refractivity contribution is 0.163. The van der Waals surface area contributed by atoms with Crippen LogP contribution in [0.4, 0.5) is 11.6 Å². The quantitative estimate of drug-likeness (QED) is 0.862. The summed E-state index contributed by atoms with van der Waals surface area (Å²) >= 11 is 0. The Morgan fingerprint density at radius 3 is 2.71 bits per heavy atom. The van der Waals surface area contributed by atoms with Crippen LogP contribution in [0.15, 0.2) is 30.5 Å². The van der Waals surface area contributed by atoms with Crippen molar-refractivity contribution in [2.24, 2.45) is 0 Å². The molecule has 1 atom stereocenters. The minimum absolute atomic E-state index is 0.243. The fourth-order valence-corrected chi connectivity index (χ4v) is 2.37. The molecule has 2 rings (SSSR count). The minimum atomic E-state index is 0.243. The molecule has 2 aromatic rings. The normalized spacial score (nSPS) is 12.7. The summed E-state index contributed by atoms with van der Waals surface area (Å²) in [6.07, 6.45) is 2.05. The predicted octanol–water partition coefficient (Wildman–Crippen LogP) is 4.27. The average molecular weight is 287 g/mol. The van der Waals surface area contributed by atoms with Crippen LogP contribution in [0.2, 0.25) is 0 Å². The summed E-state index contributed by atoms with van der Waals surface area (Å²) in [5.74, 6) is 1.37. The molecule has 0 aliphatic rings. The zero-order valence-electron chi connectivity index (χ0n) is 13.6. The number of anilines is 2. The number of ether oxygens (including phenoxy) is 1. The van der Waals surface area contributed by atoms with E-state index in [2.05, 4.69) is 66.1 Å². The first-order chi connectivity index (χ1) is 10.0. The Morgan fingerprint density at radius 1 is 1.29 bits per heavy atom. The Morgan fingerprint density at radius 2 is 2.05 bits per heavy atom. The van der Waals surface area contributed by atoms with Gasteiger partial charge in [-0.3, -0.25) is 0 Å². The van der Waals surface area contributed by atoms with Gasteiger partial charge < -0.3 is 14.6 Å². The van der Waals surface area contributed by atoms with Crippen LogP contribution in [0.3, 0.4) is 0 Å². The van der Waals surface area contributed by atoms with Crippen molar-refractivity contribution in [3.8, 4) is 0 Å². The van der Waals surface area contributed by atoms with Gasteiger partial charge in [0, 0.05) is 19.0 Å². The van der Waals surface area contributed by atoms with Gasteiger partial charge in [0.15, 0.2) is 0 Å².